The maximum Gasteiger partial charge on any atom is 0.242 e. The van der Waals surface area contributed by atoms with Crippen LogP contribution in [0.5, 0.6) is 0 Å². The molecule has 3 aromatic carbocycles. The lowest BCUT2D eigenvalue weighted by Crippen LogP contribution is -2.19. The van der Waals surface area contributed by atoms with Crippen molar-refractivity contribution in [3.8, 4) is 0 Å². The van der Waals surface area contributed by atoms with Gasteiger partial charge in [0.1, 0.15) is 5.25 Å². The normalized spacial score (nSPS) is 12.1. The molecule has 1 atom stereocenters. The summed E-state index contributed by atoms with van der Waals surface area (Å²) >= 11 is 1.43. The van der Waals surface area contributed by atoms with E-state index >= 15 is 0 Å². The number of hydrogen-bond donors (Lipinski definition) is 2. The van der Waals surface area contributed by atoms with Gasteiger partial charge in [-0.1, -0.05) is 60.3 Å². The molecule has 0 fully saturated rings. The molecule has 0 aliphatic rings. The van der Waals surface area contributed by atoms with Crippen LogP contribution in [0.4, 0.5) is 5.69 Å². The van der Waals surface area contributed by atoms with Crippen LogP contribution in [0, 0.1) is 20.8 Å². The van der Waals surface area contributed by atoms with E-state index in [2.05, 4.69) is 28.3 Å². The quantitative estimate of drug-likeness (QED) is 0.406. The summed E-state index contributed by atoms with van der Waals surface area (Å²) in [7, 11) is 0. The third kappa shape index (κ3) is 4.35. The number of anilines is 1. The third-order valence-corrected chi connectivity index (χ3v) is 5.98. The molecule has 0 aliphatic heterocycles. The van der Waals surface area contributed by atoms with Crippen molar-refractivity contribution in [2.75, 3.05) is 5.32 Å². The molecule has 4 rings (SSSR count). The average molecular weight is 402 g/mol. The van der Waals surface area contributed by atoms with Gasteiger partial charge in [0.25, 0.3) is 0 Å². The molecular weight excluding hydrogens is 378 g/mol. The molecule has 4 nitrogen and oxygen atoms in total. The lowest BCUT2D eigenvalue weighted by molar-refractivity contribution is -0.115. The van der Waals surface area contributed by atoms with Crippen molar-refractivity contribution >= 4 is 34.4 Å². The fourth-order valence-electron chi connectivity index (χ4n) is 3.24. The van der Waals surface area contributed by atoms with Crippen molar-refractivity contribution < 1.29 is 4.79 Å². The Hall–Kier alpha value is -3.05. The summed E-state index contributed by atoms with van der Waals surface area (Å²) < 4.78 is 0. The second-order valence-corrected chi connectivity index (χ2v) is 8.37. The van der Waals surface area contributed by atoms with Gasteiger partial charge in [-0.15, -0.1) is 0 Å². The molecule has 1 aromatic heterocycles. The van der Waals surface area contributed by atoms with E-state index in [1.807, 2.05) is 74.5 Å². The number of aryl methyl sites for hydroxylation is 3. The highest BCUT2D eigenvalue weighted by molar-refractivity contribution is 8.00. The fourth-order valence-corrected chi connectivity index (χ4v) is 4.24. The van der Waals surface area contributed by atoms with Gasteiger partial charge in [-0.3, -0.25) is 4.79 Å². The van der Waals surface area contributed by atoms with Crippen molar-refractivity contribution in [3.63, 3.8) is 0 Å². The van der Waals surface area contributed by atoms with Crippen LogP contribution in [0.3, 0.4) is 0 Å². The molecule has 1 heterocycles. The number of rotatable bonds is 5. The Morgan fingerprint density at radius 3 is 2.48 bits per heavy atom. The zero-order chi connectivity index (χ0) is 20.4. The van der Waals surface area contributed by atoms with Gasteiger partial charge in [-0.2, -0.15) is 0 Å². The summed E-state index contributed by atoms with van der Waals surface area (Å²) in [5.41, 5.74) is 7.00. The van der Waals surface area contributed by atoms with Gasteiger partial charge in [-0.25, -0.2) is 4.98 Å². The standard InChI is InChI=1S/C24H23N3OS/c1-15-9-11-17(3)20(13-15)25-23(28)22(18-7-5-4-6-8-18)29-24-26-19-12-10-16(2)14-21(19)27-24/h4-14,22H,1-3H3,(H,25,28)(H,26,27)/t22-/m0/s1. The molecule has 0 bridgehead atoms. The van der Waals surface area contributed by atoms with Crippen LogP contribution in [0.15, 0.2) is 71.9 Å². The van der Waals surface area contributed by atoms with Gasteiger partial charge in [0, 0.05) is 5.69 Å². The minimum atomic E-state index is -0.419. The topological polar surface area (TPSA) is 57.8 Å². The number of imidazole rings is 1. The van der Waals surface area contributed by atoms with E-state index in [0.717, 1.165) is 38.6 Å². The van der Waals surface area contributed by atoms with Crippen LogP contribution in [0.1, 0.15) is 27.5 Å². The zero-order valence-electron chi connectivity index (χ0n) is 16.7. The van der Waals surface area contributed by atoms with Gasteiger partial charge in [0.05, 0.1) is 11.0 Å². The summed E-state index contributed by atoms with van der Waals surface area (Å²) in [4.78, 5) is 21.3. The van der Waals surface area contributed by atoms with Gasteiger partial charge in [0.15, 0.2) is 5.16 Å². The van der Waals surface area contributed by atoms with E-state index in [0.29, 0.717) is 0 Å². The molecule has 146 valence electrons. The van der Waals surface area contributed by atoms with E-state index in [-0.39, 0.29) is 5.91 Å². The molecule has 0 aliphatic carbocycles. The predicted molar refractivity (Wildman–Crippen MR) is 120 cm³/mol. The number of H-pyrrole nitrogens is 1. The smallest absolute Gasteiger partial charge is 0.242 e. The number of amides is 1. The lowest BCUT2D eigenvalue weighted by Gasteiger charge is -2.17. The van der Waals surface area contributed by atoms with Crippen LogP contribution in [-0.4, -0.2) is 15.9 Å². The number of fused-ring (bicyclic) bond motifs is 1. The first kappa shape index (κ1) is 19.3. The highest BCUT2D eigenvalue weighted by Crippen LogP contribution is 2.36. The summed E-state index contributed by atoms with van der Waals surface area (Å²) in [6, 6.07) is 22.0. The largest absolute Gasteiger partial charge is 0.333 e. The maximum absolute atomic E-state index is 13.3. The van der Waals surface area contributed by atoms with Crippen LogP contribution >= 0.6 is 11.8 Å². The SMILES string of the molecule is Cc1ccc(C)c(NC(=O)[C@@H](Sc2nc3ccc(C)cc3[nH]2)c2ccccc2)c1. The maximum atomic E-state index is 13.3. The molecule has 0 unspecified atom stereocenters. The van der Waals surface area contributed by atoms with Crippen molar-refractivity contribution in [3.05, 3.63) is 89.0 Å². The Morgan fingerprint density at radius 2 is 1.69 bits per heavy atom. The molecule has 2 N–H and O–H groups in total. The Morgan fingerprint density at radius 1 is 0.966 bits per heavy atom. The second-order valence-electron chi connectivity index (χ2n) is 7.28. The number of hydrogen-bond acceptors (Lipinski definition) is 3. The van der Waals surface area contributed by atoms with E-state index in [1.54, 1.807) is 0 Å². The molecule has 4 aromatic rings. The Bertz CT molecular complexity index is 1170. The van der Waals surface area contributed by atoms with Crippen LogP contribution < -0.4 is 5.32 Å². The number of carbonyl (C=O) groups excluding carboxylic acids is 1. The number of benzene rings is 3. The first-order chi connectivity index (χ1) is 14.0. The summed E-state index contributed by atoms with van der Waals surface area (Å²) in [5.74, 6) is -0.0634. The molecule has 0 radical (unpaired) electrons. The van der Waals surface area contributed by atoms with E-state index in [4.69, 9.17) is 0 Å². The number of nitrogens with one attached hydrogen (secondary N) is 2. The van der Waals surface area contributed by atoms with Crippen LogP contribution in [0.25, 0.3) is 11.0 Å². The minimum absolute atomic E-state index is 0.0634. The molecule has 0 saturated carbocycles. The summed E-state index contributed by atoms with van der Waals surface area (Å²) in [6.07, 6.45) is 0. The minimum Gasteiger partial charge on any atom is -0.333 e. The zero-order valence-corrected chi connectivity index (χ0v) is 17.5. The first-order valence-corrected chi connectivity index (χ1v) is 10.4. The lowest BCUT2D eigenvalue weighted by atomic mass is 10.1. The first-order valence-electron chi connectivity index (χ1n) is 9.56. The number of aromatic amines is 1. The average Bonchev–Trinajstić information content (AvgIpc) is 3.11. The van der Waals surface area contributed by atoms with E-state index in [1.165, 1.54) is 17.3 Å². The fraction of sp³-hybridized carbons (Fsp3) is 0.167. The summed E-state index contributed by atoms with van der Waals surface area (Å²) in [5, 5.41) is 3.42. The van der Waals surface area contributed by atoms with Crippen LogP contribution in [0.2, 0.25) is 0 Å². The molecule has 5 heteroatoms. The highest BCUT2D eigenvalue weighted by Gasteiger charge is 2.24. The van der Waals surface area contributed by atoms with Gasteiger partial charge < -0.3 is 10.3 Å². The third-order valence-electron chi connectivity index (χ3n) is 4.84. The van der Waals surface area contributed by atoms with Crippen molar-refractivity contribution in [1.82, 2.24) is 9.97 Å². The van der Waals surface area contributed by atoms with Crippen LogP contribution in [-0.2, 0) is 4.79 Å². The second kappa shape index (κ2) is 8.13. The van der Waals surface area contributed by atoms with Crippen molar-refractivity contribution in [1.29, 1.82) is 0 Å². The molecular formula is C24H23N3OS. The van der Waals surface area contributed by atoms with E-state index < -0.39 is 5.25 Å². The number of nitrogens with zero attached hydrogens (tertiary/aromatic N) is 1. The van der Waals surface area contributed by atoms with Crippen molar-refractivity contribution in [2.24, 2.45) is 0 Å². The summed E-state index contributed by atoms with van der Waals surface area (Å²) in [6.45, 7) is 6.08. The molecule has 29 heavy (non-hydrogen) atoms. The predicted octanol–water partition coefficient (Wildman–Crippen LogP) is 5.96. The Kier molecular flexibility index (Phi) is 5.41. The Balaban J connectivity index is 1.65. The van der Waals surface area contributed by atoms with Gasteiger partial charge in [0.2, 0.25) is 5.91 Å². The number of carbonyl (C=O) groups is 1. The molecule has 1 amide bonds. The number of thioether (sulfide) groups is 1. The number of aromatic nitrogens is 2. The Labute approximate surface area is 174 Å². The monoisotopic (exact) mass is 401 g/mol. The van der Waals surface area contributed by atoms with Gasteiger partial charge >= 0.3 is 0 Å². The van der Waals surface area contributed by atoms with Crippen molar-refractivity contribution in [2.45, 2.75) is 31.2 Å². The van der Waals surface area contributed by atoms with E-state index in [9.17, 15) is 4.79 Å². The highest BCUT2D eigenvalue weighted by atomic mass is 32.2. The molecule has 0 spiro atoms. The van der Waals surface area contributed by atoms with Gasteiger partial charge in [-0.05, 0) is 61.2 Å². The molecule has 0 saturated heterocycles.